The predicted octanol–water partition coefficient (Wildman–Crippen LogP) is 6.47. The summed E-state index contributed by atoms with van der Waals surface area (Å²) in [4.78, 5) is 155. The Balaban J connectivity index is 0.000000151. The highest BCUT2D eigenvalue weighted by molar-refractivity contribution is 6.31. The lowest BCUT2D eigenvalue weighted by Crippen LogP contribution is -2.37. The molecule has 6 unspecified atom stereocenters. The summed E-state index contributed by atoms with van der Waals surface area (Å²) in [6, 6.07) is 42.0. The normalized spacial score (nSPS) is 22.0. The van der Waals surface area contributed by atoms with Crippen LogP contribution in [0.3, 0.4) is 0 Å². The van der Waals surface area contributed by atoms with Gasteiger partial charge in [-0.25, -0.2) is 19.6 Å². The Labute approximate surface area is 525 Å². The minimum absolute atomic E-state index is 0.0923. The lowest BCUT2D eigenvalue weighted by atomic mass is 9.78. The molecule has 0 radical (unpaired) electrons. The molecule has 6 atom stereocenters. The molecule has 0 bridgehead atoms. The van der Waals surface area contributed by atoms with Crippen LogP contribution in [0.5, 0.6) is 11.5 Å². The fourth-order valence-electron chi connectivity index (χ4n) is 11.3. The van der Waals surface area contributed by atoms with Crippen LogP contribution < -0.4 is 38.9 Å². The largest absolute Gasteiger partial charge is 0.491 e. The number of nitrogens with zero attached hydrogens (tertiary/aromatic N) is 6. The second kappa shape index (κ2) is 25.6. The minimum atomic E-state index is -0.983. The number of carbonyl (C=O) groups is 12. The number of anilines is 6. The lowest BCUT2D eigenvalue weighted by Gasteiger charge is -2.21. The van der Waals surface area contributed by atoms with Crippen molar-refractivity contribution >= 4 is 105 Å². The summed E-state index contributed by atoms with van der Waals surface area (Å²) in [6.07, 6.45) is 11.5. The molecule has 0 aromatic heterocycles. The van der Waals surface area contributed by atoms with Gasteiger partial charge in [0.1, 0.15) is 36.9 Å². The maximum atomic E-state index is 13.8. The average molecular weight is 1240 g/mol. The Morgan fingerprint density at radius 1 is 0.304 bits per heavy atom. The third-order valence-electron chi connectivity index (χ3n) is 16.4. The quantitative estimate of drug-likeness (QED) is 0.0700. The predicted molar refractivity (Wildman–Crippen MR) is 332 cm³/mol. The van der Waals surface area contributed by atoms with Crippen LogP contribution in [0.15, 0.2) is 194 Å². The Bertz CT molecular complexity index is 4000. The molecule has 0 N–H and O–H groups in total. The van der Waals surface area contributed by atoms with Crippen LogP contribution in [0.1, 0.15) is 36.1 Å². The molecule has 0 aliphatic carbocycles. The van der Waals surface area contributed by atoms with Gasteiger partial charge < -0.3 is 18.9 Å². The molecule has 22 nitrogen and oxygen atoms in total. The Morgan fingerprint density at radius 2 is 0.511 bits per heavy atom. The van der Waals surface area contributed by atoms with Gasteiger partial charge >= 0.3 is 0 Å². The number of hydrogen-bond acceptors (Lipinski definition) is 16. The molecule has 22 heteroatoms. The number of hydrogen-bond donors (Lipinski definition) is 0. The monoisotopic (exact) mass is 1240 g/mol. The number of benzene rings is 6. The smallest absolute Gasteiger partial charge is 0.258 e. The number of rotatable bonds is 17. The molecular weight excluding hydrogens is 1180 g/mol. The van der Waals surface area contributed by atoms with Gasteiger partial charge in [-0.3, -0.25) is 67.3 Å². The van der Waals surface area contributed by atoms with Gasteiger partial charge in [-0.1, -0.05) is 62.4 Å². The molecule has 4 fully saturated rings. The molecule has 0 spiro atoms. The van der Waals surface area contributed by atoms with E-state index in [-0.39, 0.29) is 59.5 Å². The van der Waals surface area contributed by atoms with Crippen molar-refractivity contribution < 1.29 is 76.5 Å². The maximum absolute atomic E-state index is 13.8. The molecule has 8 aliphatic rings. The summed E-state index contributed by atoms with van der Waals surface area (Å²) >= 11 is 0. The second-order valence-electron chi connectivity index (χ2n) is 22.6. The fraction of sp³-hybridized carbons (Fsp3) is 0.200. The number of epoxide rings is 2. The molecule has 92 heavy (non-hydrogen) atoms. The van der Waals surface area contributed by atoms with Gasteiger partial charge in [-0.15, -0.1) is 0 Å². The highest BCUT2D eigenvalue weighted by Crippen LogP contribution is 2.44. The molecule has 8 aliphatic heterocycles. The third kappa shape index (κ3) is 12.8. The van der Waals surface area contributed by atoms with E-state index in [1.807, 2.05) is 48.5 Å². The van der Waals surface area contributed by atoms with Crippen molar-refractivity contribution in [3.8, 4) is 11.5 Å². The lowest BCUT2D eigenvalue weighted by molar-refractivity contribution is -0.130. The summed E-state index contributed by atoms with van der Waals surface area (Å²) in [5.41, 5.74) is 6.74. The topological polar surface area (TPSA) is 268 Å². The number of carbonyl (C=O) groups excluding carboxylic acids is 12. The Hall–Kier alpha value is -11.4. The molecule has 4 saturated heterocycles. The van der Waals surface area contributed by atoms with E-state index in [2.05, 4.69) is 0 Å². The van der Waals surface area contributed by atoms with Crippen molar-refractivity contribution in [2.24, 2.45) is 23.7 Å². The van der Waals surface area contributed by atoms with E-state index in [4.69, 9.17) is 18.9 Å². The molecule has 8 heterocycles. The standard InChI is InChI=1S/C36H31N3O8.C21H14N2O4.C13H11NO4/c1-20-31(32-21(2)34(43)39(36(32)45)26-11-13-27(14-12-26)46-18-28-19-47-28)35(44)38(33(20)42)25-9-5-23(6-10-25)17-22-3-7-24(8-4-22)37-29(40)15-16-30(37)41;24-18-9-10-19(25)22(18)16-5-1-14(2-6-16)13-15-3-7-17(8-4-15)23-20(26)11-12-21(23)27;15-12-5-6-13(16)14(12)9-1-3-10(4-2-9)17-7-11-8-18-11/h3-16,20-21,28,31-32H,17-19H2,1-2H3;1-12H,13H2;1-6,11H,7-8H2. The molecular formula is C70H56N6O16. The highest BCUT2D eigenvalue weighted by atomic mass is 16.6. The molecule has 462 valence electrons. The van der Waals surface area contributed by atoms with Crippen LogP contribution in [0.4, 0.5) is 34.1 Å². The summed E-state index contributed by atoms with van der Waals surface area (Å²) in [5, 5.41) is 0. The van der Waals surface area contributed by atoms with E-state index < -0.39 is 47.3 Å². The zero-order valence-electron chi connectivity index (χ0n) is 49.4. The van der Waals surface area contributed by atoms with Crippen LogP contribution in [-0.2, 0) is 79.8 Å². The van der Waals surface area contributed by atoms with E-state index in [0.717, 1.165) is 58.3 Å². The summed E-state index contributed by atoms with van der Waals surface area (Å²) in [5.74, 6) is -6.89. The fourth-order valence-corrected chi connectivity index (χ4v) is 11.3. The summed E-state index contributed by atoms with van der Waals surface area (Å²) in [6.45, 7) is 5.63. The number of ether oxygens (including phenoxy) is 4. The van der Waals surface area contributed by atoms with Gasteiger partial charge in [0, 0.05) is 60.4 Å². The van der Waals surface area contributed by atoms with Gasteiger partial charge in [0.05, 0.1) is 59.2 Å². The van der Waals surface area contributed by atoms with Crippen molar-refractivity contribution in [2.75, 3.05) is 55.8 Å². The molecule has 0 saturated carbocycles. The van der Waals surface area contributed by atoms with Crippen LogP contribution in [-0.4, -0.2) is 110 Å². The van der Waals surface area contributed by atoms with E-state index in [1.54, 1.807) is 111 Å². The highest BCUT2D eigenvalue weighted by Gasteiger charge is 2.58. The van der Waals surface area contributed by atoms with Gasteiger partial charge in [0.15, 0.2) is 0 Å². The van der Waals surface area contributed by atoms with Crippen LogP contribution in [0.2, 0.25) is 0 Å². The van der Waals surface area contributed by atoms with Crippen molar-refractivity contribution in [3.63, 3.8) is 0 Å². The number of imide groups is 6. The van der Waals surface area contributed by atoms with E-state index in [1.165, 1.54) is 48.6 Å². The molecule has 6 aromatic carbocycles. The van der Waals surface area contributed by atoms with Crippen molar-refractivity contribution in [1.29, 1.82) is 0 Å². The van der Waals surface area contributed by atoms with E-state index >= 15 is 0 Å². The third-order valence-corrected chi connectivity index (χ3v) is 16.4. The Morgan fingerprint density at radius 3 is 0.728 bits per heavy atom. The van der Waals surface area contributed by atoms with E-state index in [9.17, 15) is 57.5 Å². The second-order valence-corrected chi connectivity index (χ2v) is 22.6. The van der Waals surface area contributed by atoms with Crippen LogP contribution in [0, 0.1) is 23.7 Å². The van der Waals surface area contributed by atoms with E-state index in [0.29, 0.717) is 78.3 Å². The molecule has 14 rings (SSSR count). The van der Waals surface area contributed by atoms with Gasteiger partial charge in [-0.05, 0) is 132 Å². The van der Waals surface area contributed by atoms with Crippen LogP contribution in [0.25, 0.3) is 0 Å². The van der Waals surface area contributed by atoms with Crippen molar-refractivity contribution in [3.05, 3.63) is 216 Å². The van der Waals surface area contributed by atoms with Crippen LogP contribution >= 0.6 is 0 Å². The first-order valence-corrected chi connectivity index (χ1v) is 29.4. The first-order chi connectivity index (χ1) is 44.4. The summed E-state index contributed by atoms with van der Waals surface area (Å²) in [7, 11) is 0. The van der Waals surface area contributed by atoms with Crippen molar-refractivity contribution in [1.82, 2.24) is 0 Å². The zero-order chi connectivity index (χ0) is 64.5. The number of amides is 12. The SMILES string of the molecule is CC1C(=O)N(c2ccc(Cc3ccc(N4C(=O)C=CC4=O)cc3)cc2)C(=O)C1C1C(=O)N(c2ccc(OCC3CO3)cc2)C(=O)C1C.O=C1C=CC(=O)N1c1ccc(Cc2ccc(N3C(=O)C=CC3=O)cc2)cc1.O=C1C=CC(=O)N1c1ccc(OCC2CO2)cc1. The zero-order valence-corrected chi connectivity index (χ0v) is 49.4. The maximum Gasteiger partial charge on any atom is 0.258 e. The molecule has 12 amide bonds. The average Bonchev–Trinajstić information content (AvgIpc) is 1.59. The van der Waals surface area contributed by atoms with Gasteiger partial charge in [-0.2, -0.15) is 0 Å². The van der Waals surface area contributed by atoms with Gasteiger partial charge in [0.25, 0.3) is 47.3 Å². The van der Waals surface area contributed by atoms with Gasteiger partial charge in [0.2, 0.25) is 23.6 Å². The first-order valence-electron chi connectivity index (χ1n) is 29.4. The molecule has 6 aromatic rings. The Kier molecular flexibility index (Phi) is 17.0. The minimum Gasteiger partial charge on any atom is -0.491 e. The summed E-state index contributed by atoms with van der Waals surface area (Å²) < 4.78 is 21.3. The first kappa shape index (κ1) is 60.9. The van der Waals surface area contributed by atoms with Crippen molar-refractivity contribution in [2.45, 2.75) is 38.9 Å².